The normalized spacial score (nSPS) is 18.4. The minimum atomic E-state index is -0.500. The molecule has 0 fully saturated rings. The van der Waals surface area contributed by atoms with E-state index in [0.717, 1.165) is 0 Å². The summed E-state index contributed by atoms with van der Waals surface area (Å²) in [5, 5.41) is 0. The summed E-state index contributed by atoms with van der Waals surface area (Å²) in [6.45, 7) is 0. The van der Waals surface area contributed by atoms with Crippen LogP contribution in [-0.4, -0.2) is 4.93 Å². The predicted octanol–water partition coefficient (Wildman–Crippen LogP) is 24.6. The molecule has 0 rings (SSSR count). The van der Waals surface area contributed by atoms with E-state index in [9.17, 15) is 0 Å². The Kier molecular flexibility index (Phi) is 58.1. The van der Waals surface area contributed by atoms with Crippen molar-refractivity contribution < 1.29 is 17.2 Å². The molecule has 0 atom stereocenters. The second-order valence-electron chi connectivity index (χ2n) is 2.57. The van der Waals surface area contributed by atoms with Crippen molar-refractivity contribution in [3.8, 4) is 0 Å². The van der Waals surface area contributed by atoms with E-state index in [2.05, 4.69) is 303 Å². The van der Waals surface area contributed by atoms with Crippen molar-refractivity contribution in [1.82, 2.24) is 0 Å². The van der Waals surface area contributed by atoms with E-state index in [-0.39, 0.29) is 7.89 Å². The van der Waals surface area contributed by atoms with Crippen LogP contribution in [0.25, 0.3) is 0 Å². The molecular formula is CH3I32-. The Hall–Kier alpha value is 23.4. The Bertz CT molecular complexity index is 513. The van der Waals surface area contributed by atoms with Gasteiger partial charge in [0.15, 0.2) is 0 Å². The Morgan fingerprint density at radius 1 is 0.303 bits per heavy atom. The van der Waals surface area contributed by atoms with Crippen LogP contribution < -0.4 is 17.2 Å². The maximum absolute atomic E-state index is 3.30. The molecule has 0 aliphatic rings. The van der Waals surface area contributed by atoms with Crippen molar-refractivity contribution in [2.45, 2.75) is 0 Å². The van der Waals surface area contributed by atoms with E-state index in [4.69, 9.17) is 0 Å². The minimum absolute atomic E-state index is 0.357. The molecule has 0 aliphatic heterocycles. The maximum atomic E-state index is 3.30. The number of hydrogen-bond acceptors (Lipinski definition) is 0. The van der Waals surface area contributed by atoms with Crippen LogP contribution in [0.4, 0.5) is 0 Å². The van der Waals surface area contributed by atoms with Crippen molar-refractivity contribution in [2.24, 2.45) is 0 Å². The first-order valence-electron chi connectivity index (χ1n) is 4.81. The van der Waals surface area contributed by atoms with Gasteiger partial charge >= 0.3 is 438 Å². The second-order valence-corrected chi connectivity index (χ2v) is 740. The number of hydrogen-bond donors (Lipinski definition) is 0. The monoisotopic (exact) mass is 4080 g/mol. The van der Waals surface area contributed by atoms with E-state index < -0.39 is 111 Å². The summed E-state index contributed by atoms with van der Waals surface area (Å²) in [6.07, 6.45) is 0. The molecule has 32 heteroatoms. The van der Waals surface area contributed by atoms with Gasteiger partial charge in [0.2, 0.25) is 0 Å². The molecule has 0 heterocycles. The summed E-state index contributed by atoms with van der Waals surface area (Å²) in [6, 6.07) is 0. The van der Waals surface area contributed by atoms with Crippen LogP contribution >= 0.6 is 416 Å². The van der Waals surface area contributed by atoms with Crippen molar-refractivity contribution in [3.63, 3.8) is 0 Å². The number of halogens is 32. The van der Waals surface area contributed by atoms with Crippen LogP contribution in [0.3, 0.4) is 0 Å². The summed E-state index contributed by atoms with van der Waals surface area (Å²) in [5.74, 6) is 0. The Labute approximate surface area is 413 Å². The molecule has 0 amide bonds. The van der Waals surface area contributed by atoms with Crippen LogP contribution in [-0.2, 0) is 0 Å². The third-order valence-corrected chi connectivity index (χ3v) is 2350. The first kappa shape index (κ1) is 56.4. The van der Waals surface area contributed by atoms with Crippen molar-refractivity contribution in [2.75, 3.05) is 4.93 Å². The predicted molar refractivity (Wildman–Crippen MR) is 441 cm³/mol. The molecular weight excluding hydrogens is 4070 g/mol. The molecule has 0 nitrogen and oxygen atoms in total. The molecule has 0 spiro atoms. The van der Waals surface area contributed by atoms with Gasteiger partial charge in [0.05, 0.1) is 0 Å². The summed E-state index contributed by atoms with van der Waals surface area (Å²) >= 11 is 51.9. The third-order valence-electron chi connectivity index (χ3n) is 1.25. The van der Waals surface area contributed by atoms with Gasteiger partial charge in [0.25, 0.3) is 0 Å². The third kappa shape index (κ3) is 23.8. The molecule has 0 unspecified atom stereocenters. The fourth-order valence-corrected chi connectivity index (χ4v) is 5530. The topological polar surface area (TPSA) is 0 Å². The first-order chi connectivity index (χ1) is 15.0. The van der Waals surface area contributed by atoms with Gasteiger partial charge in [0, 0.05) is 0 Å². The van der Waals surface area contributed by atoms with Crippen molar-refractivity contribution in [3.05, 3.63) is 0 Å². The molecule has 0 saturated heterocycles. The van der Waals surface area contributed by atoms with Crippen molar-refractivity contribution >= 4 is 416 Å². The Morgan fingerprint density at radius 2 is 0.485 bits per heavy atom. The summed E-state index contributed by atoms with van der Waals surface area (Å²) in [7, 11) is -6.92. The molecule has 0 aliphatic carbocycles. The van der Waals surface area contributed by atoms with Gasteiger partial charge in [0.1, 0.15) is 0 Å². The summed E-state index contributed by atoms with van der Waals surface area (Å²) in [4.78, 5) is 2.64. The van der Waals surface area contributed by atoms with Gasteiger partial charge in [-0.15, -0.1) is 0 Å². The van der Waals surface area contributed by atoms with Crippen LogP contribution in [0.15, 0.2) is 0 Å². The van der Waals surface area contributed by atoms with Gasteiger partial charge in [-0.1, -0.05) is 0 Å². The molecule has 33 heavy (non-hydrogen) atoms. The van der Waals surface area contributed by atoms with Gasteiger partial charge in [-0.2, -0.15) is 0 Å². The molecule has 0 N–H and O–H groups in total. The van der Waals surface area contributed by atoms with Crippen LogP contribution in [0.2, 0.25) is 0 Å². The van der Waals surface area contributed by atoms with Gasteiger partial charge < -0.3 is 0 Å². The zero-order valence-electron chi connectivity index (χ0n) is 13.1. The molecule has 0 aromatic rings. The zero-order chi connectivity index (χ0) is 26.4. The van der Waals surface area contributed by atoms with E-state index in [0.29, 0.717) is 17.2 Å². The van der Waals surface area contributed by atoms with Crippen molar-refractivity contribution in [1.29, 1.82) is 0 Å². The molecule has 0 aromatic heterocycles. The average molecular weight is 4080 g/mol. The molecule has 0 aromatic carbocycles. The number of rotatable bonds is 15. The summed E-state index contributed by atoms with van der Waals surface area (Å²) < 4.78 is 0. The fraction of sp³-hybridized carbons (Fsp3) is 1.00. The standard InChI is InChI=1S/CH3I32/c1-18-20(4)22(6)24(8)26(10)28(12)30(14)32(16)33(17)31(15)29(13)27(11)25(9)23(7)21(5)19(2)3/h1H3/q-1. The SMILES string of the molecule is C[I-]I(I)I(I)I(I)I(I)I(I)I(I)I(I)I(I)I(I)I(I)I(I)I(I)I(I)I(I)I(I)I. The molecule has 0 radical (unpaired) electrons. The average Bonchev–Trinajstić information content (AvgIpc) is 2.81. The van der Waals surface area contributed by atoms with Gasteiger partial charge in [-0.05, 0) is 0 Å². The second kappa shape index (κ2) is 34.0. The van der Waals surface area contributed by atoms with E-state index >= 15 is 0 Å². The molecule has 0 saturated carbocycles. The Morgan fingerprint density at radius 3 is 0.667 bits per heavy atom. The quantitative estimate of drug-likeness (QED) is 0.113. The summed E-state index contributed by atoms with van der Waals surface area (Å²) in [5.41, 5.74) is 0. The zero-order valence-corrected chi connectivity index (χ0v) is 82.1. The van der Waals surface area contributed by atoms with E-state index in [1.165, 1.54) is 0 Å². The molecule has 232 valence electrons. The van der Waals surface area contributed by atoms with Crippen LogP contribution in [0.5, 0.6) is 0 Å². The van der Waals surface area contributed by atoms with E-state index in [1.807, 2.05) is 0 Å². The fourth-order valence-electron chi connectivity index (χ4n) is 0.442. The number of alkyl halides is 1. The van der Waals surface area contributed by atoms with Crippen LogP contribution in [0.1, 0.15) is 0 Å². The van der Waals surface area contributed by atoms with Crippen LogP contribution in [0, 0.1) is 0 Å². The van der Waals surface area contributed by atoms with Gasteiger partial charge in [-0.25, -0.2) is 0 Å². The molecule has 0 bridgehead atoms. The van der Waals surface area contributed by atoms with Gasteiger partial charge in [-0.3, -0.25) is 0 Å². The first-order valence-corrected chi connectivity index (χ1v) is 202. The van der Waals surface area contributed by atoms with E-state index in [1.54, 1.807) is 0 Å². The Balaban J connectivity index is 5.24.